The maximum atomic E-state index is 11.1. The van der Waals surface area contributed by atoms with Crippen LogP contribution < -0.4 is 10.2 Å². The monoisotopic (exact) mass is 279 g/mol. The summed E-state index contributed by atoms with van der Waals surface area (Å²) in [5.41, 5.74) is 0.859. The van der Waals surface area contributed by atoms with Crippen LogP contribution in [0.3, 0.4) is 0 Å². The topological polar surface area (TPSA) is 74.5 Å². The Balaban J connectivity index is 2.02. The minimum Gasteiger partial charge on any atom is -0.353 e. The lowest BCUT2D eigenvalue weighted by molar-refractivity contribution is -0.384. The summed E-state index contributed by atoms with van der Waals surface area (Å²) in [7, 11) is 1.86. The van der Waals surface area contributed by atoms with Crippen molar-refractivity contribution in [2.45, 2.75) is 6.92 Å². The van der Waals surface area contributed by atoms with Gasteiger partial charge in [0.15, 0.2) is 0 Å². The second-order valence-electron chi connectivity index (χ2n) is 5.07. The van der Waals surface area contributed by atoms with E-state index in [-0.39, 0.29) is 10.6 Å². The van der Waals surface area contributed by atoms with E-state index in [4.69, 9.17) is 0 Å². The fraction of sp³-hybridized carbons (Fsp3) is 0.615. The van der Waals surface area contributed by atoms with Crippen LogP contribution in [0, 0.1) is 17.0 Å². The minimum atomic E-state index is -0.372. The number of aromatic nitrogens is 1. The Kier molecular flexibility index (Phi) is 4.86. The van der Waals surface area contributed by atoms with E-state index < -0.39 is 0 Å². The van der Waals surface area contributed by atoms with Gasteiger partial charge in [-0.05, 0) is 13.0 Å². The molecule has 0 aliphatic carbocycles. The molecule has 1 aliphatic rings. The summed E-state index contributed by atoms with van der Waals surface area (Å²) in [4.78, 5) is 19.2. The van der Waals surface area contributed by atoms with Gasteiger partial charge in [-0.1, -0.05) is 0 Å². The highest BCUT2D eigenvalue weighted by molar-refractivity contribution is 5.57. The average molecular weight is 279 g/mol. The Morgan fingerprint density at radius 3 is 2.80 bits per heavy atom. The number of hydrogen-bond donors (Lipinski definition) is 1. The molecule has 0 saturated carbocycles. The van der Waals surface area contributed by atoms with Crippen molar-refractivity contribution in [3.05, 3.63) is 27.9 Å². The van der Waals surface area contributed by atoms with Crippen LogP contribution in [0.4, 0.5) is 11.5 Å². The first-order valence-corrected chi connectivity index (χ1v) is 6.84. The normalized spacial score (nSPS) is 16.1. The molecule has 0 aromatic carbocycles. The van der Waals surface area contributed by atoms with Crippen molar-refractivity contribution in [1.29, 1.82) is 0 Å². The van der Waals surface area contributed by atoms with Gasteiger partial charge in [0.2, 0.25) is 5.82 Å². The number of nitro groups is 1. The third kappa shape index (κ3) is 3.64. The highest BCUT2D eigenvalue weighted by atomic mass is 16.6. The maximum absolute atomic E-state index is 11.1. The lowest BCUT2D eigenvalue weighted by Crippen LogP contribution is -2.46. The molecule has 1 aromatic heterocycles. The predicted octanol–water partition coefficient (Wildman–Crippen LogP) is 0.640. The zero-order valence-corrected chi connectivity index (χ0v) is 12.0. The third-order valence-corrected chi connectivity index (χ3v) is 3.51. The van der Waals surface area contributed by atoms with E-state index in [0.29, 0.717) is 5.82 Å². The van der Waals surface area contributed by atoms with Crippen LogP contribution in [0.15, 0.2) is 12.1 Å². The van der Waals surface area contributed by atoms with Gasteiger partial charge >= 0.3 is 5.69 Å². The van der Waals surface area contributed by atoms with Gasteiger partial charge in [0.25, 0.3) is 0 Å². The molecule has 0 bridgehead atoms. The van der Waals surface area contributed by atoms with Crippen LogP contribution in [0.2, 0.25) is 0 Å². The molecule has 1 N–H and O–H groups in total. The number of anilines is 1. The summed E-state index contributed by atoms with van der Waals surface area (Å²) in [6.45, 7) is 7.53. The first-order valence-electron chi connectivity index (χ1n) is 6.84. The molecule has 0 atom stereocenters. The number of nitrogens with zero attached hydrogens (tertiary/aromatic N) is 4. The van der Waals surface area contributed by atoms with Crippen LogP contribution in [0.1, 0.15) is 5.69 Å². The van der Waals surface area contributed by atoms with E-state index in [1.807, 2.05) is 18.9 Å². The number of nitrogens with one attached hydrogen (secondary N) is 1. The highest BCUT2D eigenvalue weighted by Crippen LogP contribution is 2.24. The van der Waals surface area contributed by atoms with E-state index in [0.717, 1.165) is 45.0 Å². The highest BCUT2D eigenvalue weighted by Gasteiger charge is 2.19. The molecule has 1 aliphatic heterocycles. The molecule has 20 heavy (non-hydrogen) atoms. The molecule has 110 valence electrons. The fourth-order valence-corrected chi connectivity index (χ4v) is 2.29. The van der Waals surface area contributed by atoms with E-state index in [1.54, 1.807) is 6.07 Å². The summed E-state index contributed by atoms with van der Waals surface area (Å²) in [5.74, 6) is 0.449. The average Bonchev–Trinajstić information content (AvgIpc) is 2.45. The molecule has 2 rings (SSSR count). The number of aryl methyl sites for hydroxylation is 1. The molecule has 7 nitrogen and oxygen atoms in total. The lowest BCUT2D eigenvalue weighted by Gasteiger charge is -2.29. The minimum absolute atomic E-state index is 0.0680. The molecular weight excluding hydrogens is 258 g/mol. The van der Waals surface area contributed by atoms with Crippen LogP contribution >= 0.6 is 0 Å². The summed E-state index contributed by atoms with van der Waals surface area (Å²) in [6.07, 6.45) is 0. The van der Waals surface area contributed by atoms with E-state index in [2.05, 4.69) is 15.2 Å². The van der Waals surface area contributed by atoms with E-state index >= 15 is 0 Å². The van der Waals surface area contributed by atoms with Gasteiger partial charge in [-0.2, -0.15) is 0 Å². The van der Waals surface area contributed by atoms with Crippen LogP contribution in [0.5, 0.6) is 0 Å². The standard InChI is InChI=1S/C13H21N5O2/c1-11-3-4-12(18(19)20)13(15-11)16(2)9-10-17-7-5-14-6-8-17/h3-4,14H,5-10H2,1-2H3. The molecule has 0 radical (unpaired) electrons. The summed E-state index contributed by atoms with van der Waals surface area (Å²) in [6, 6.07) is 3.20. The number of piperazine rings is 1. The number of hydrogen-bond acceptors (Lipinski definition) is 6. The van der Waals surface area contributed by atoms with Crippen LogP contribution in [-0.2, 0) is 0 Å². The number of likely N-dealkylation sites (N-methyl/N-ethyl adjacent to an activating group) is 1. The van der Waals surface area contributed by atoms with Crippen LogP contribution in [-0.4, -0.2) is 61.1 Å². The van der Waals surface area contributed by atoms with Crippen molar-refractivity contribution in [2.24, 2.45) is 0 Å². The van der Waals surface area contributed by atoms with Crippen molar-refractivity contribution in [3.63, 3.8) is 0 Å². The largest absolute Gasteiger partial charge is 0.353 e. The van der Waals surface area contributed by atoms with Gasteiger partial charge in [-0.3, -0.25) is 15.0 Å². The Bertz CT molecular complexity index is 474. The van der Waals surface area contributed by atoms with Gasteiger partial charge < -0.3 is 10.2 Å². The second kappa shape index (κ2) is 6.62. The molecule has 1 aromatic rings. The molecular formula is C13H21N5O2. The lowest BCUT2D eigenvalue weighted by atomic mass is 10.3. The van der Waals surface area contributed by atoms with Gasteiger partial charge in [-0.25, -0.2) is 4.98 Å². The van der Waals surface area contributed by atoms with E-state index in [9.17, 15) is 10.1 Å². The maximum Gasteiger partial charge on any atom is 0.311 e. The Morgan fingerprint density at radius 1 is 1.45 bits per heavy atom. The molecule has 0 amide bonds. The van der Waals surface area contributed by atoms with Crippen molar-refractivity contribution in [1.82, 2.24) is 15.2 Å². The molecule has 7 heteroatoms. The van der Waals surface area contributed by atoms with Gasteiger partial charge in [0, 0.05) is 58.1 Å². The van der Waals surface area contributed by atoms with Crippen LogP contribution in [0.25, 0.3) is 0 Å². The van der Waals surface area contributed by atoms with Crippen molar-refractivity contribution in [3.8, 4) is 0 Å². The predicted molar refractivity (Wildman–Crippen MR) is 78.2 cm³/mol. The van der Waals surface area contributed by atoms with Crippen molar-refractivity contribution >= 4 is 11.5 Å². The summed E-state index contributed by atoms with van der Waals surface area (Å²) in [5, 5.41) is 14.4. The molecule has 1 saturated heterocycles. The fourth-order valence-electron chi connectivity index (χ4n) is 2.29. The van der Waals surface area contributed by atoms with Gasteiger partial charge in [0.05, 0.1) is 4.92 Å². The quantitative estimate of drug-likeness (QED) is 0.630. The van der Waals surface area contributed by atoms with Crippen molar-refractivity contribution < 1.29 is 4.92 Å². The summed E-state index contributed by atoms with van der Waals surface area (Å²) < 4.78 is 0. The first kappa shape index (κ1) is 14.7. The summed E-state index contributed by atoms with van der Waals surface area (Å²) >= 11 is 0. The Labute approximate surface area is 118 Å². The molecule has 2 heterocycles. The van der Waals surface area contributed by atoms with Gasteiger partial charge in [-0.15, -0.1) is 0 Å². The molecule has 0 unspecified atom stereocenters. The van der Waals surface area contributed by atoms with Gasteiger partial charge in [0.1, 0.15) is 0 Å². The smallest absolute Gasteiger partial charge is 0.311 e. The molecule has 0 spiro atoms. The Morgan fingerprint density at radius 2 is 2.15 bits per heavy atom. The number of pyridine rings is 1. The first-order chi connectivity index (χ1) is 9.58. The Hall–Kier alpha value is -1.73. The molecule has 1 fully saturated rings. The zero-order valence-electron chi connectivity index (χ0n) is 12.0. The zero-order chi connectivity index (χ0) is 14.5. The van der Waals surface area contributed by atoms with E-state index in [1.165, 1.54) is 6.07 Å². The SMILES string of the molecule is Cc1ccc([N+](=O)[O-])c(N(C)CCN2CCNCC2)n1. The number of rotatable bonds is 5. The third-order valence-electron chi connectivity index (χ3n) is 3.51. The second-order valence-corrected chi connectivity index (χ2v) is 5.07. The van der Waals surface area contributed by atoms with Crippen molar-refractivity contribution in [2.75, 3.05) is 51.2 Å².